The summed E-state index contributed by atoms with van der Waals surface area (Å²) in [4.78, 5) is 19.0. The summed E-state index contributed by atoms with van der Waals surface area (Å²) in [6, 6.07) is -0.0801. The molecule has 1 aromatic heterocycles. The van der Waals surface area contributed by atoms with Gasteiger partial charge in [-0.1, -0.05) is 5.11 Å². The second-order valence-electron chi connectivity index (χ2n) is 4.90. The number of azide groups is 1. The van der Waals surface area contributed by atoms with E-state index < -0.39 is 6.04 Å². The number of carbonyl (C=O) groups excluding carboxylic acids is 1. The van der Waals surface area contributed by atoms with Gasteiger partial charge in [0.15, 0.2) is 0 Å². The van der Waals surface area contributed by atoms with Crippen LogP contribution in [0.1, 0.15) is 44.0 Å². The fourth-order valence-electron chi connectivity index (χ4n) is 2.17. The van der Waals surface area contributed by atoms with Gasteiger partial charge in [0.25, 0.3) is 0 Å². The van der Waals surface area contributed by atoms with Crippen LogP contribution in [0.3, 0.4) is 0 Å². The molecule has 0 aliphatic heterocycles. The summed E-state index contributed by atoms with van der Waals surface area (Å²) in [5.41, 5.74) is 9.07. The largest absolute Gasteiger partial charge is 0.465 e. The number of imidazole rings is 1. The average molecular weight is 292 g/mol. The van der Waals surface area contributed by atoms with Crippen LogP contribution in [-0.2, 0) is 9.53 Å². The summed E-state index contributed by atoms with van der Waals surface area (Å²) < 4.78 is 7.18. The van der Waals surface area contributed by atoms with Gasteiger partial charge in [0, 0.05) is 17.5 Å². The maximum Gasteiger partial charge on any atom is 0.329 e. The van der Waals surface area contributed by atoms with Crippen molar-refractivity contribution < 1.29 is 9.53 Å². The highest BCUT2D eigenvalue weighted by Gasteiger charge is 2.31. The Hall–Kier alpha value is -2.05. The Bertz CT molecular complexity index is 518. The molecule has 1 saturated carbocycles. The maximum absolute atomic E-state index is 12.1. The van der Waals surface area contributed by atoms with Gasteiger partial charge in [0.05, 0.1) is 24.8 Å². The van der Waals surface area contributed by atoms with Crippen molar-refractivity contribution in [2.75, 3.05) is 19.7 Å². The van der Waals surface area contributed by atoms with Gasteiger partial charge >= 0.3 is 5.97 Å². The molecule has 1 aliphatic rings. The molecule has 1 aliphatic carbocycles. The highest BCUT2D eigenvalue weighted by Crippen LogP contribution is 2.37. The highest BCUT2D eigenvalue weighted by atomic mass is 16.5. The second kappa shape index (κ2) is 7.66. The zero-order chi connectivity index (χ0) is 15.1. The number of ether oxygens (including phenoxy) is 1. The first-order valence-corrected chi connectivity index (χ1v) is 7.20. The molecule has 0 saturated heterocycles. The lowest BCUT2D eigenvalue weighted by atomic mass is 10.2. The number of rotatable bonds is 9. The summed E-state index contributed by atoms with van der Waals surface area (Å²) in [7, 11) is 0. The normalized spacial score (nSPS) is 15.3. The van der Waals surface area contributed by atoms with Crippen LogP contribution in [0.5, 0.6) is 0 Å². The first kappa shape index (κ1) is 15.3. The van der Waals surface area contributed by atoms with E-state index in [1.807, 2.05) is 4.57 Å². The Morgan fingerprint density at radius 2 is 2.52 bits per heavy atom. The molecule has 1 aromatic rings. The summed E-state index contributed by atoms with van der Waals surface area (Å²) in [6.07, 6.45) is 6.38. The van der Waals surface area contributed by atoms with Crippen LogP contribution in [0.4, 0.5) is 0 Å². The summed E-state index contributed by atoms with van der Waals surface area (Å²) >= 11 is 0. The molecule has 8 nitrogen and oxygen atoms in total. The minimum absolute atomic E-state index is 0.302. The number of esters is 1. The minimum atomic E-state index is -0.529. The van der Waals surface area contributed by atoms with E-state index in [9.17, 15) is 4.79 Å². The number of nitrogens with one attached hydrogen (secondary N) is 1. The van der Waals surface area contributed by atoms with Crippen LogP contribution >= 0.6 is 0 Å². The number of hydrogen-bond acceptors (Lipinski definition) is 5. The standard InChI is InChI=1S/C13H20N6O2/c1-2-21-13(20)12(16-6-3-7-17-18-14)11-8-15-9-19(11)10-4-5-10/h8-10,12,16H,2-7H2,1H3. The van der Waals surface area contributed by atoms with Crippen molar-refractivity contribution in [2.24, 2.45) is 5.11 Å². The molecule has 0 spiro atoms. The van der Waals surface area contributed by atoms with Gasteiger partial charge in [-0.2, -0.15) is 0 Å². The number of carbonyl (C=O) groups is 1. The first-order chi connectivity index (χ1) is 10.3. The molecule has 21 heavy (non-hydrogen) atoms. The van der Waals surface area contributed by atoms with Crippen LogP contribution < -0.4 is 5.32 Å². The van der Waals surface area contributed by atoms with Gasteiger partial charge in [-0.15, -0.1) is 0 Å². The smallest absolute Gasteiger partial charge is 0.329 e. The molecule has 1 N–H and O–H groups in total. The third-order valence-corrected chi connectivity index (χ3v) is 3.30. The van der Waals surface area contributed by atoms with Crippen molar-refractivity contribution in [1.82, 2.24) is 14.9 Å². The molecule has 1 atom stereocenters. The summed E-state index contributed by atoms with van der Waals surface area (Å²) in [5.74, 6) is -0.302. The molecular weight excluding hydrogens is 272 g/mol. The summed E-state index contributed by atoms with van der Waals surface area (Å²) in [5, 5.41) is 6.65. The molecule has 114 valence electrons. The molecule has 0 aromatic carbocycles. The molecule has 8 heteroatoms. The van der Waals surface area contributed by atoms with Crippen LogP contribution in [0.15, 0.2) is 17.6 Å². The van der Waals surface area contributed by atoms with Gasteiger partial charge in [-0.05, 0) is 38.3 Å². The van der Waals surface area contributed by atoms with Crippen molar-refractivity contribution in [3.63, 3.8) is 0 Å². The van der Waals surface area contributed by atoms with E-state index >= 15 is 0 Å². The van der Waals surface area contributed by atoms with Crippen LogP contribution in [0, 0.1) is 0 Å². The van der Waals surface area contributed by atoms with E-state index in [4.69, 9.17) is 10.3 Å². The quantitative estimate of drug-likeness (QED) is 0.247. The maximum atomic E-state index is 12.1. The zero-order valence-electron chi connectivity index (χ0n) is 12.1. The molecule has 0 amide bonds. The van der Waals surface area contributed by atoms with E-state index in [1.54, 1.807) is 19.4 Å². The molecule has 1 heterocycles. The van der Waals surface area contributed by atoms with Gasteiger partial charge in [-0.3, -0.25) is 5.32 Å². The van der Waals surface area contributed by atoms with E-state index in [0.717, 1.165) is 18.5 Å². The van der Waals surface area contributed by atoms with Gasteiger partial charge in [-0.25, -0.2) is 9.78 Å². The molecule has 1 unspecified atom stereocenters. The molecule has 1 fully saturated rings. The zero-order valence-corrected chi connectivity index (χ0v) is 12.1. The van der Waals surface area contributed by atoms with Crippen LogP contribution in [0.25, 0.3) is 10.4 Å². The Balaban J connectivity index is 2.02. The predicted octanol–water partition coefficient (Wildman–Crippen LogP) is 2.11. The predicted molar refractivity (Wildman–Crippen MR) is 76.5 cm³/mol. The number of nitrogens with zero attached hydrogens (tertiary/aromatic N) is 5. The lowest BCUT2D eigenvalue weighted by molar-refractivity contribution is -0.146. The Kier molecular flexibility index (Phi) is 5.59. The van der Waals surface area contributed by atoms with Gasteiger partial charge in [0.2, 0.25) is 0 Å². The topological polar surface area (TPSA) is 105 Å². The van der Waals surface area contributed by atoms with Gasteiger partial charge < -0.3 is 9.30 Å². The van der Waals surface area contributed by atoms with E-state index in [2.05, 4.69) is 20.3 Å². The van der Waals surface area contributed by atoms with Gasteiger partial charge in [0.1, 0.15) is 6.04 Å². The first-order valence-electron chi connectivity index (χ1n) is 7.20. The molecule has 0 radical (unpaired) electrons. The summed E-state index contributed by atoms with van der Waals surface area (Å²) in [6.45, 7) is 3.10. The van der Waals surface area contributed by atoms with Crippen molar-refractivity contribution in [3.05, 3.63) is 28.7 Å². The van der Waals surface area contributed by atoms with Crippen LogP contribution in [-0.4, -0.2) is 35.2 Å². The third kappa shape index (κ3) is 4.21. The van der Waals surface area contributed by atoms with E-state index in [1.165, 1.54) is 0 Å². The SMILES string of the molecule is CCOC(=O)C(NCCCN=[N+]=[N-])c1cncn1C1CC1. The van der Waals surface area contributed by atoms with Crippen molar-refractivity contribution in [2.45, 2.75) is 38.3 Å². The van der Waals surface area contributed by atoms with E-state index in [-0.39, 0.29) is 5.97 Å². The second-order valence-corrected chi connectivity index (χ2v) is 4.90. The van der Waals surface area contributed by atoms with Crippen LogP contribution in [0.2, 0.25) is 0 Å². The molecular formula is C13H20N6O2. The molecule has 2 rings (SSSR count). The Morgan fingerprint density at radius 1 is 1.71 bits per heavy atom. The average Bonchev–Trinajstić information content (AvgIpc) is 3.21. The monoisotopic (exact) mass is 292 g/mol. The third-order valence-electron chi connectivity index (χ3n) is 3.30. The molecule has 0 bridgehead atoms. The Morgan fingerprint density at radius 3 is 3.19 bits per heavy atom. The number of hydrogen-bond donors (Lipinski definition) is 1. The lowest BCUT2D eigenvalue weighted by Crippen LogP contribution is -2.32. The fraction of sp³-hybridized carbons (Fsp3) is 0.692. The van der Waals surface area contributed by atoms with E-state index in [0.29, 0.717) is 32.2 Å². The lowest BCUT2D eigenvalue weighted by Gasteiger charge is -2.18. The van der Waals surface area contributed by atoms with Crippen molar-refractivity contribution >= 4 is 5.97 Å². The minimum Gasteiger partial charge on any atom is -0.465 e. The Labute approximate surface area is 123 Å². The number of aromatic nitrogens is 2. The highest BCUT2D eigenvalue weighted by molar-refractivity contribution is 5.77. The fourth-order valence-corrected chi connectivity index (χ4v) is 2.17. The van der Waals surface area contributed by atoms with Crippen molar-refractivity contribution in [3.8, 4) is 0 Å². The van der Waals surface area contributed by atoms with Crippen molar-refractivity contribution in [1.29, 1.82) is 0 Å².